The lowest BCUT2D eigenvalue weighted by atomic mass is 9.98. The molecule has 0 aromatic heterocycles. The van der Waals surface area contributed by atoms with E-state index in [2.05, 4.69) is 4.74 Å². The average Bonchev–Trinajstić information content (AvgIpc) is 2.52. The fraction of sp³-hybridized carbons (Fsp3) is 0.118. The predicted octanol–water partition coefficient (Wildman–Crippen LogP) is 6.02. The highest BCUT2D eigenvalue weighted by molar-refractivity contribution is 6.31. The van der Waals surface area contributed by atoms with E-state index in [9.17, 15) is 18.0 Å². The van der Waals surface area contributed by atoms with Crippen molar-refractivity contribution in [3.8, 4) is 16.9 Å². The average molecular weight is 405 g/mol. The number of halogens is 5. The first-order valence-electron chi connectivity index (χ1n) is 7.10. The Morgan fingerprint density at radius 2 is 1.77 bits per heavy atom. The Morgan fingerprint density at radius 1 is 1.12 bits per heavy atom. The molecule has 26 heavy (non-hydrogen) atoms. The Labute approximate surface area is 155 Å². The molecule has 0 amide bonds. The van der Waals surface area contributed by atoms with E-state index in [0.29, 0.717) is 16.1 Å². The number of carbonyl (C=O) groups is 1. The van der Waals surface area contributed by atoms with Gasteiger partial charge in [0.2, 0.25) is 0 Å². The molecule has 2 aromatic rings. The van der Waals surface area contributed by atoms with E-state index in [1.165, 1.54) is 12.1 Å². The van der Waals surface area contributed by atoms with Crippen molar-refractivity contribution >= 4 is 35.4 Å². The molecule has 1 heterocycles. The minimum absolute atomic E-state index is 0.0863. The van der Waals surface area contributed by atoms with Crippen LogP contribution in [0.15, 0.2) is 42.2 Å². The molecular weight excluding hydrogens is 396 g/mol. The van der Waals surface area contributed by atoms with Crippen molar-refractivity contribution in [1.82, 2.24) is 0 Å². The maximum atomic E-state index is 13.3. The fourth-order valence-electron chi connectivity index (χ4n) is 2.51. The van der Waals surface area contributed by atoms with Crippen LogP contribution in [0, 0.1) is 0 Å². The number of alkyl halides is 3. The summed E-state index contributed by atoms with van der Waals surface area (Å²) in [4.78, 5) is 10.7. The third-order valence-electron chi connectivity index (χ3n) is 3.53. The minimum Gasteiger partial charge on any atom is -0.472 e. The first-order valence-corrected chi connectivity index (χ1v) is 7.86. The summed E-state index contributed by atoms with van der Waals surface area (Å²) in [6, 6.07) is 9.16. The number of fused-ring (bicyclic) bond motifs is 1. The fourth-order valence-corrected chi connectivity index (χ4v) is 2.87. The molecule has 1 atom stereocenters. The van der Waals surface area contributed by atoms with Gasteiger partial charge in [0, 0.05) is 21.2 Å². The van der Waals surface area contributed by atoms with Crippen LogP contribution in [0.1, 0.15) is 5.56 Å². The Kier molecular flexibility index (Phi) is 4.77. The molecule has 0 radical (unpaired) electrons. The normalized spacial score (nSPS) is 16.3. The van der Waals surface area contributed by atoms with Gasteiger partial charge in [0.15, 0.2) is 5.76 Å². The zero-order valence-electron chi connectivity index (χ0n) is 12.7. The number of benzene rings is 2. The highest BCUT2D eigenvalue weighted by atomic mass is 35.5. The maximum Gasteiger partial charge on any atom is 0.511 e. The van der Waals surface area contributed by atoms with E-state index in [-0.39, 0.29) is 16.3 Å². The topological polar surface area (TPSA) is 55.8 Å². The summed E-state index contributed by atoms with van der Waals surface area (Å²) in [7, 11) is 0. The zero-order valence-corrected chi connectivity index (χ0v) is 14.2. The van der Waals surface area contributed by atoms with Crippen LogP contribution >= 0.6 is 23.2 Å². The highest BCUT2D eigenvalue weighted by Crippen LogP contribution is 2.44. The first-order chi connectivity index (χ1) is 12.1. The maximum absolute atomic E-state index is 13.3. The van der Waals surface area contributed by atoms with Gasteiger partial charge in [-0.1, -0.05) is 35.3 Å². The molecule has 1 aliphatic rings. The molecule has 2 aromatic carbocycles. The lowest BCUT2D eigenvalue weighted by Crippen LogP contribution is -2.39. The smallest absolute Gasteiger partial charge is 0.472 e. The minimum atomic E-state index is -4.88. The molecule has 136 valence electrons. The monoisotopic (exact) mass is 404 g/mol. The van der Waals surface area contributed by atoms with Gasteiger partial charge >= 0.3 is 12.3 Å². The van der Waals surface area contributed by atoms with Crippen LogP contribution in [0.3, 0.4) is 0 Å². The van der Waals surface area contributed by atoms with Gasteiger partial charge in [-0.2, -0.15) is 13.2 Å². The van der Waals surface area contributed by atoms with Gasteiger partial charge in [0.25, 0.3) is 6.10 Å². The molecule has 0 bridgehead atoms. The van der Waals surface area contributed by atoms with Crippen LogP contribution in [0.25, 0.3) is 17.2 Å². The third kappa shape index (κ3) is 3.73. The molecule has 1 unspecified atom stereocenters. The number of carboxylic acid groups (broad SMARTS) is 1. The molecule has 0 aliphatic carbocycles. The summed E-state index contributed by atoms with van der Waals surface area (Å²) in [6.07, 6.45) is -8.36. The Morgan fingerprint density at radius 3 is 2.35 bits per heavy atom. The first kappa shape index (κ1) is 18.4. The van der Waals surface area contributed by atoms with Crippen LogP contribution in [0.5, 0.6) is 5.75 Å². The van der Waals surface area contributed by atoms with Crippen LogP contribution in [0.4, 0.5) is 18.0 Å². The van der Waals surface area contributed by atoms with Crippen molar-refractivity contribution in [2.75, 3.05) is 0 Å². The van der Waals surface area contributed by atoms with E-state index < -0.39 is 24.2 Å². The van der Waals surface area contributed by atoms with Crippen molar-refractivity contribution in [1.29, 1.82) is 0 Å². The van der Waals surface area contributed by atoms with Crippen molar-refractivity contribution in [3.63, 3.8) is 0 Å². The van der Waals surface area contributed by atoms with E-state index in [0.717, 1.165) is 6.08 Å². The van der Waals surface area contributed by atoms with Gasteiger partial charge in [-0.15, -0.1) is 0 Å². The Bertz CT molecular complexity index is 892. The van der Waals surface area contributed by atoms with Crippen molar-refractivity contribution in [2.24, 2.45) is 0 Å². The van der Waals surface area contributed by atoms with Crippen LogP contribution < -0.4 is 4.74 Å². The number of ether oxygens (including phenoxy) is 2. The molecule has 4 nitrogen and oxygen atoms in total. The second kappa shape index (κ2) is 6.74. The molecule has 0 saturated heterocycles. The second-order valence-corrected chi connectivity index (χ2v) is 6.21. The largest absolute Gasteiger partial charge is 0.511 e. The van der Waals surface area contributed by atoms with Crippen LogP contribution in [-0.2, 0) is 4.74 Å². The summed E-state index contributed by atoms with van der Waals surface area (Å²) < 4.78 is 49.3. The van der Waals surface area contributed by atoms with E-state index in [4.69, 9.17) is 33.0 Å². The molecule has 0 spiro atoms. The third-order valence-corrected chi connectivity index (χ3v) is 4.00. The zero-order chi connectivity index (χ0) is 19.1. The van der Waals surface area contributed by atoms with Gasteiger partial charge in [-0.25, -0.2) is 4.79 Å². The number of hydrogen-bond acceptors (Lipinski definition) is 3. The Hall–Kier alpha value is -2.38. The molecule has 1 aliphatic heterocycles. The van der Waals surface area contributed by atoms with Crippen LogP contribution in [0.2, 0.25) is 10.0 Å². The summed E-state index contributed by atoms with van der Waals surface area (Å²) in [6.45, 7) is 0. The van der Waals surface area contributed by atoms with Crippen LogP contribution in [-0.4, -0.2) is 23.5 Å². The Balaban J connectivity index is 2.17. The lowest BCUT2D eigenvalue weighted by molar-refractivity contribution is -0.191. The van der Waals surface area contributed by atoms with E-state index >= 15 is 0 Å². The van der Waals surface area contributed by atoms with Gasteiger partial charge in [-0.3, -0.25) is 0 Å². The summed E-state index contributed by atoms with van der Waals surface area (Å²) >= 11 is 11.9. The van der Waals surface area contributed by atoms with E-state index in [1.807, 2.05) is 0 Å². The summed E-state index contributed by atoms with van der Waals surface area (Å²) in [5, 5.41) is 9.37. The molecule has 0 fully saturated rings. The predicted molar refractivity (Wildman–Crippen MR) is 89.5 cm³/mol. The summed E-state index contributed by atoms with van der Waals surface area (Å²) in [5.74, 6) is -0.974. The lowest BCUT2D eigenvalue weighted by Gasteiger charge is -2.29. The van der Waals surface area contributed by atoms with Gasteiger partial charge in [0.05, 0.1) is 0 Å². The summed E-state index contributed by atoms with van der Waals surface area (Å²) in [5.41, 5.74) is 1.01. The molecule has 9 heteroatoms. The van der Waals surface area contributed by atoms with Crippen molar-refractivity contribution < 1.29 is 32.5 Å². The molecule has 3 rings (SSSR count). The number of hydrogen-bond donors (Lipinski definition) is 1. The van der Waals surface area contributed by atoms with E-state index in [1.54, 1.807) is 24.3 Å². The molecule has 0 saturated carbocycles. The molecule has 1 N–H and O–H groups in total. The van der Waals surface area contributed by atoms with Gasteiger partial charge in [-0.05, 0) is 35.9 Å². The number of rotatable bonds is 2. The van der Waals surface area contributed by atoms with Crippen molar-refractivity contribution in [3.05, 3.63) is 57.8 Å². The van der Waals surface area contributed by atoms with Crippen molar-refractivity contribution in [2.45, 2.75) is 12.3 Å². The highest BCUT2D eigenvalue weighted by Gasteiger charge is 2.48. The quantitative estimate of drug-likeness (QED) is 0.621. The molecular formula is C17H9Cl2F3O4. The second-order valence-electron chi connectivity index (χ2n) is 5.33. The van der Waals surface area contributed by atoms with Gasteiger partial charge < -0.3 is 14.6 Å². The standard InChI is InChI=1S/C17H9Cl2F3O4/c18-10-3-1-8(2-4-10)12-7-11(19)5-9-6-13(25-16(23)24)15(17(20,21)22)26-14(9)12/h1-7,15H,(H,23,24). The van der Waals surface area contributed by atoms with Gasteiger partial charge in [0.1, 0.15) is 5.75 Å². The SMILES string of the molecule is O=C(O)OC1=Cc2cc(Cl)cc(-c3ccc(Cl)cc3)c2OC1C(F)(F)F.